The van der Waals surface area contributed by atoms with Crippen molar-refractivity contribution in [2.24, 2.45) is 0 Å². The Labute approximate surface area is 99.9 Å². The third-order valence-electron chi connectivity index (χ3n) is 1.82. The zero-order valence-electron chi connectivity index (χ0n) is 8.01. The maximum absolute atomic E-state index is 4.24. The summed E-state index contributed by atoms with van der Waals surface area (Å²) in [5.74, 6) is 0.791. The normalized spacial score (nSPS) is 12.4. The Bertz CT molecular complexity index is 431. The highest BCUT2D eigenvalue weighted by atomic mass is 79.9. The number of thiazole rings is 1. The molecule has 15 heavy (non-hydrogen) atoms. The number of nitrogens with zero attached hydrogens (tertiary/aromatic N) is 3. The van der Waals surface area contributed by atoms with Crippen LogP contribution in [0.2, 0.25) is 0 Å². The van der Waals surface area contributed by atoms with Crippen molar-refractivity contribution in [1.82, 2.24) is 15.0 Å². The van der Waals surface area contributed by atoms with E-state index in [2.05, 4.69) is 43.1 Å². The number of aromatic nitrogens is 3. The van der Waals surface area contributed by atoms with Crippen molar-refractivity contribution < 1.29 is 0 Å². The molecular weight excluding hydrogens is 276 g/mol. The van der Waals surface area contributed by atoms with Gasteiger partial charge >= 0.3 is 0 Å². The molecule has 1 unspecified atom stereocenters. The van der Waals surface area contributed by atoms with Gasteiger partial charge < -0.3 is 5.32 Å². The summed E-state index contributed by atoms with van der Waals surface area (Å²) in [6, 6.07) is 2.00. The van der Waals surface area contributed by atoms with E-state index < -0.39 is 0 Å². The SMILES string of the molecule is CC(Nc1cc(Br)ncn1)c1nccs1. The lowest BCUT2D eigenvalue weighted by molar-refractivity contribution is 0.857. The van der Waals surface area contributed by atoms with E-state index in [0.717, 1.165) is 15.4 Å². The molecule has 0 bridgehead atoms. The monoisotopic (exact) mass is 284 g/mol. The van der Waals surface area contributed by atoms with Gasteiger partial charge in [0.25, 0.3) is 0 Å². The fourth-order valence-corrected chi connectivity index (χ4v) is 2.10. The first-order chi connectivity index (χ1) is 7.25. The van der Waals surface area contributed by atoms with Gasteiger partial charge in [0.1, 0.15) is 21.8 Å². The second kappa shape index (κ2) is 4.67. The third kappa shape index (κ3) is 2.73. The highest BCUT2D eigenvalue weighted by molar-refractivity contribution is 9.10. The Morgan fingerprint density at radius 2 is 2.27 bits per heavy atom. The predicted molar refractivity (Wildman–Crippen MR) is 63.9 cm³/mol. The topological polar surface area (TPSA) is 50.7 Å². The Kier molecular flexibility index (Phi) is 3.27. The van der Waals surface area contributed by atoms with E-state index in [9.17, 15) is 0 Å². The molecule has 2 rings (SSSR count). The third-order valence-corrected chi connectivity index (χ3v) is 3.21. The van der Waals surface area contributed by atoms with Crippen LogP contribution in [0, 0.1) is 0 Å². The van der Waals surface area contributed by atoms with Gasteiger partial charge in [-0.15, -0.1) is 11.3 Å². The van der Waals surface area contributed by atoms with E-state index in [1.807, 2.05) is 11.4 Å². The number of hydrogen-bond donors (Lipinski definition) is 1. The molecule has 78 valence electrons. The summed E-state index contributed by atoms with van der Waals surface area (Å²) >= 11 is 4.92. The minimum Gasteiger partial charge on any atom is -0.361 e. The summed E-state index contributed by atoms with van der Waals surface area (Å²) in [7, 11) is 0. The quantitative estimate of drug-likeness (QED) is 0.881. The molecule has 0 aromatic carbocycles. The highest BCUT2D eigenvalue weighted by Gasteiger charge is 2.08. The first kappa shape index (κ1) is 10.5. The van der Waals surface area contributed by atoms with Gasteiger partial charge in [-0.2, -0.15) is 0 Å². The van der Waals surface area contributed by atoms with Gasteiger partial charge in [0.2, 0.25) is 0 Å². The van der Waals surface area contributed by atoms with Crippen molar-refractivity contribution in [2.75, 3.05) is 5.32 Å². The zero-order chi connectivity index (χ0) is 10.7. The number of hydrogen-bond acceptors (Lipinski definition) is 5. The van der Waals surface area contributed by atoms with Crippen molar-refractivity contribution in [3.63, 3.8) is 0 Å². The molecule has 0 amide bonds. The lowest BCUT2D eigenvalue weighted by atomic mass is 10.3. The lowest BCUT2D eigenvalue weighted by Crippen LogP contribution is -2.07. The van der Waals surface area contributed by atoms with Crippen molar-refractivity contribution >= 4 is 33.1 Å². The van der Waals surface area contributed by atoms with Crippen LogP contribution in [0.4, 0.5) is 5.82 Å². The van der Waals surface area contributed by atoms with Crippen LogP contribution in [0.3, 0.4) is 0 Å². The summed E-state index contributed by atoms with van der Waals surface area (Å²) in [6.07, 6.45) is 3.31. The Morgan fingerprint density at radius 3 is 2.93 bits per heavy atom. The van der Waals surface area contributed by atoms with Crippen molar-refractivity contribution in [2.45, 2.75) is 13.0 Å². The van der Waals surface area contributed by atoms with Crippen LogP contribution in [0.15, 0.2) is 28.6 Å². The molecule has 0 saturated carbocycles. The molecule has 0 aliphatic heterocycles. The van der Waals surface area contributed by atoms with Crippen LogP contribution < -0.4 is 5.32 Å². The second-order valence-corrected chi connectivity index (χ2v) is 4.70. The van der Waals surface area contributed by atoms with Crippen LogP contribution in [-0.2, 0) is 0 Å². The van der Waals surface area contributed by atoms with E-state index in [-0.39, 0.29) is 6.04 Å². The molecule has 0 spiro atoms. The lowest BCUT2D eigenvalue weighted by Gasteiger charge is -2.11. The maximum Gasteiger partial charge on any atom is 0.131 e. The fourth-order valence-electron chi connectivity index (χ4n) is 1.14. The molecule has 1 N–H and O–H groups in total. The van der Waals surface area contributed by atoms with Crippen molar-refractivity contribution in [1.29, 1.82) is 0 Å². The van der Waals surface area contributed by atoms with Gasteiger partial charge in [0.15, 0.2) is 0 Å². The first-order valence-electron chi connectivity index (χ1n) is 4.39. The van der Waals surface area contributed by atoms with Crippen LogP contribution >= 0.6 is 27.3 Å². The van der Waals surface area contributed by atoms with Crippen molar-refractivity contribution in [3.05, 3.63) is 33.6 Å². The van der Waals surface area contributed by atoms with Gasteiger partial charge in [0, 0.05) is 17.6 Å². The molecule has 0 radical (unpaired) electrons. The predicted octanol–water partition coefficient (Wildman–Crippen LogP) is 2.87. The van der Waals surface area contributed by atoms with Crippen LogP contribution in [0.1, 0.15) is 18.0 Å². The summed E-state index contributed by atoms with van der Waals surface area (Å²) in [5.41, 5.74) is 0. The zero-order valence-corrected chi connectivity index (χ0v) is 10.4. The fraction of sp³-hybridized carbons (Fsp3) is 0.222. The van der Waals surface area contributed by atoms with Gasteiger partial charge in [-0.3, -0.25) is 0 Å². The number of rotatable bonds is 3. The summed E-state index contributed by atoms with van der Waals surface area (Å²) in [6.45, 7) is 2.05. The minimum absolute atomic E-state index is 0.159. The molecule has 4 nitrogen and oxygen atoms in total. The van der Waals surface area contributed by atoms with E-state index >= 15 is 0 Å². The molecule has 2 aromatic rings. The molecule has 0 aliphatic rings. The number of nitrogens with one attached hydrogen (secondary N) is 1. The summed E-state index contributed by atoms with van der Waals surface area (Å²) in [4.78, 5) is 12.3. The summed E-state index contributed by atoms with van der Waals surface area (Å²) < 4.78 is 0.770. The van der Waals surface area contributed by atoms with E-state index in [1.54, 1.807) is 17.5 Å². The van der Waals surface area contributed by atoms with E-state index in [1.165, 1.54) is 6.33 Å². The highest BCUT2D eigenvalue weighted by Crippen LogP contribution is 2.20. The van der Waals surface area contributed by atoms with Crippen LogP contribution in [0.5, 0.6) is 0 Å². The number of anilines is 1. The van der Waals surface area contributed by atoms with Gasteiger partial charge in [-0.25, -0.2) is 15.0 Å². The van der Waals surface area contributed by atoms with Gasteiger partial charge in [0.05, 0.1) is 6.04 Å². The average molecular weight is 285 g/mol. The van der Waals surface area contributed by atoms with Crippen molar-refractivity contribution in [3.8, 4) is 0 Å². The molecule has 0 fully saturated rings. The first-order valence-corrected chi connectivity index (χ1v) is 6.06. The number of halogens is 1. The minimum atomic E-state index is 0.159. The molecular formula is C9H9BrN4S. The largest absolute Gasteiger partial charge is 0.361 e. The van der Waals surface area contributed by atoms with Crippen LogP contribution in [-0.4, -0.2) is 15.0 Å². The Hall–Kier alpha value is -1.01. The Balaban J connectivity index is 2.09. The molecule has 2 heterocycles. The standard InChI is InChI=1S/C9H9BrN4S/c1-6(9-11-2-3-15-9)14-8-4-7(10)12-5-13-8/h2-6H,1H3,(H,12,13,14). The smallest absolute Gasteiger partial charge is 0.131 e. The van der Waals surface area contributed by atoms with Crippen LogP contribution in [0.25, 0.3) is 0 Å². The summed E-state index contributed by atoms with van der Waals surface area (Å²) in [5, 5.41) is 6.26. The maximum atomic E-state index is 4.24. The van der Waals surface area contributed by atoms with E-state index in [4.69, 9.17) is 0 Å². The molecule has 2 aromatic heterocycles. The molecule has 6 heteroatoms. The van der Waals surface area contributed by atoms with E-state index in [0.29, 0.717) is 0 Å². The molecule has 0 saturated heterocycles. The average Bonchev–Trinajstić information content (AvgIpc) is 2.70. The Morgan fingerprint density at radius 1 is 1.40 bits per heavy atom. The van der Waals surface area contributed by atoms with Gasteiger partial charge in [-0.05, 0) is 22.9 Å². The second-order valence-electron chi connectivity index (χ2n) is 2.96. The molecule has 1 atom stereocenters. The van der Waals surface area contributed by atoms with Gasteiger partial charge in [-0.1, -0.05) is 0 Å². The molecule has 0 aliphatic carbocycles.